The lowest BCUT2D eigenvalue weighted by atomic mass is 10.3. The number of carboxylic acids is 1. The highest BCUT2D eigenvalue weighted by Crippen LogP contribution is 2.18. The predicted octanol–water partition coefficient (Wildman–Crippen LogP) is 2.65. The minimum absolute atomic E-state index is 0.101. The molecule has 0 aromatic carbocycles. The number of carbonyl (C=O) groups is 1. The molecule has 100 valence electrons. The van der Waals surface area contributed by atoms with Crippen LogP contribution in [0.2, 0.25) is 0 Å². The Morgan fingerprint density at radius 3 is 2.58 bits per heavy atom. The summed E-state index contributed by atoms with van der Waals surface area (Å²) in [5.74, 6) is -0.464. The number of nitrogens with zero attached hydrogens (tertiary/aromatic N) is 3. The molecule has 0 saturated heterocycles. The first kappa shape index (κ1) is 13.5. The topological polar surface area (TPSA) is 66.3 Å². The van der Waals surface area contributed by atoms with Gasteiger partial charge in [-0.2, -0.15) is 0 Å². The molecule has 19 heavy (non-hydrogen) atoms. The molecular formula is C13H15N3O2S. The molecule has 0 aliphatic carbocycles. The van der Waals surface area contributed by atoms with Gasteiger partial charge in [0, 0.05) is 23.3 Å². The van der Waals surface area contributed by atoms with E-state index in [2.05, 4.69) is 29.9 Å². The van der Waals surface area contributed by atoms with E-state index in [0.717, 1.165) is 6.54 Å². The van der Waals surface area contributed by atoms with Crippen LogP contribution in [0.4, 0.5) is 5.95 Å². The zero-order valence-electron chi connectivity index (χ0n) is 10.8. The van der Waals surface area contributed by atoms with Crippen molar-refractivity contribution in [1.82, 2.24) is 9.97 Å². The van der Waals surface area contributed by atoms with E-state index >= 15 is 0 Å². The van der Waals surface area contributed by atoms with Crippen molar-refractivity contribution >= 4 is 23.3 Å². The molecule has 2 rings (SSSR count). The molecule has 0 bridgehead atoms. The number of aromatic carboxylic acids is 1. The van der Waals surface area contributed by atoms with Crippen LogP contribution in [0.25, 0.3) is 0 Å². The Morgan fingerprint density at radius 1 is 1.42 bits per heavy atom. The molecule has 0 fully saturated rings. The Labute approximate surface area is 115 Å². The summed E-state index contributed by atoms with van der Waals surface area (Å²) in [6, 6.07) is 4.30. The summed E-state index contributed by atoms with van der Waals surface area (Å²) < 4.78 is 0. The Balaban J connectivity index is 2.21. The van der Waals surface area contributed by atoms with Crippen LogP contribution in [0.1, 0.15) is 29.1 Å². The van der Waals surface area contributed by atoms with Gasteiger partial charge in [-0.3, -0.25) is 0 Å². The lowest BCUT2D eigenvalue weighted by molar-refractivity contribution is 0.0696. The van der Waals surface area contributed by atoms with Crippen molar-refractivity contribution in [3.8, 4) is 0 Å². The van der Waals surface area contributed by atoms with Gasteiger partial charge in [0.05, 0.1) is 12.1 Å². The number of hydrogen-bond donors (Lipinski definition) is 1. The molecule has 0 radical (unpaired) electrons. The second-order valence-corrected chi connectivity index (χ2v) is 5.41. The molecule has 0 atom stereocenters. The van der Waals surface area contributed by atoms with Crippen molar-refractivity contribution in [1.29, 1.82) is 0 Å². The number of thiophene rings is 1. The zero-order chi connectivity index (χ0) is 13.8. The summed E-state index contributed by atoms with van der Waals surface area (Å²) in [4.78, 5) is 22.3. The van der Waals surface area contributed by atoms with Crippen LogP contribution in [0.15, 0.2) is 29.9 Å². The molecule has 5 nitrogen and oxygen atoms in total. The van der Waals surface area contributed by atoms with Gasteiger partial charge in [0.15, 0.2) is 0 Å². The molecule has 0 aliphatic heterocycles. The maximum atomic E-state index is 10.8. The van der Waals surface area contributed by atoms with Gasteiger partial charge in [-0.25, -0.2) is 14.8 Å². The largest absolute Gasteiger partial charge is 0.478 e. The fraction of sp³-hybridized carbons (Fsp3) is 0.308. The molecule has 0 aliphatic rings. The zero-order valence-corrected chi connectivity index (χ0v) is 11.6. The van der Waals surface area contributed by atoms with E-state index in [1.165, 1.54) is 17.3 Å². The second kappa shape index (κ2) is 5.79. The van der Waals surface area contributed by atoms with Crippen molar-refractivity contribution < 1.29 is 9.90 Å². The van der Waals surface area contributed by atoms with Crippen LogP contribution >= 0.6 is 11.3 Å². The van der Waals surface area contributed by atoms with Crippen LogP contribution in [0.3, 0.4) is 0 Å². The molecule has 0 spiro atoms. The first-order chi connectivity index (χ1) is 9.08. The van der Waals surface area contributed by atoms with E-state index in [0.29, 0.717) is 5.95 Å². The van der Waals surface area contributed by atoms with Crippen molar-refractivity contribution in [3.63, 3.8) is 0 Å². The second-order valence-electron chi connectivity index (χ2n) is 4.38. The fourth-order valence-corrected chi connectivity index (χ4v) is 2.34. The third kappa shape index (κ3) is 3.29. The molecule has 0 saturated carbocycles. The van der Waals surface area contributed by atoms with Crippen LogP contribution in [-0.2, 0) is 6.54 Å². The Morgan fingerprint density at radius 2 is 2.11 bits per heavy atom. The van der Waals surface area contributed by atoms with Crippen LogP contribution in [0, 0.1) is 0 Å². The molecule has 2 aromatic rings. The van der Waals surface area contributed by atoms with E-state index in [1.807, 2.05) is 16.3 Å². The molecular weight excluding hydrogens is 262 g/mol. The van der Waals surface area contributed by atoms with Crippen molar-refractivity contribution in [2.75, 3.05) is 4.90 Å². The van der Waals surface area contributed by atoms with Gasteiger partial charge in [0.25, 0.3) is 0 Å². The number of hydrogen-bond acceptors (Lipinski definition) is 5. The van der Waals surface area contributed by atoms with Crippen LogP contribution in [0.5, 0.6) is 0 Å². The predicted molar refractivity (Wildman–Crippen MR) is 74.6 cm³/mol. The highest BCUT2D eigenvalue weighted by atomic mass is 32.1. The molecule has 2 heterocycles. The summed E-state index contributed by atoms with van der Waals surface area (Å²) in [7, 11) is 0. The number of carboxylic acid groups (broad SMARTS) is 1. The van der Waals surface area contributed by atoms with Gasteiger partial charge in [0.1, 0.15) is 0 Å². The Kier molecular flexibility index (Phi) is 4.11. The third-order valence-corrected chi connectivity index (χ3v) is 3.53. The first-order valence-electron chi connectivity index (χ1n) is 5.92. The van der Waals surface area contributed by atoms with Gasteiger partial charge in [0.2, 0.25) is 5.95 Å². The first-order valence-corrected chi connectivity index (χ1v) is 6.80. The van der Waals surface area contributed by atoms with E-state index in [4.69, 9.17) is 5.11 Å². The maximum Gasteiger partial charge on any atom is 0.338 e. The normalized spacial score (nSPS) is 10.7. The summed E-state index contributed by atoms with van der Waals surface area (Å²) in [5.41, 5.74) is 0.101. The highest BCUT2D eigenvalue weighted by Gasteiger charge is 2.15. The number of rotatable bonds is 5. The SMILES string of the molecule is CC(C)N(Cc1cccs1)c1ncc(C(=O)O)cn1. The van der Waals surface area contributed by atoms with Gasteiger partial charge < -0.3 is 10.0 Å². The van der Waals surface area contributed by atoms with E-state index in [1.54, 1.807) is 11.3 Å². The van der Waals surface area contributed by atoms with E-state index < -0.39 is 5.97 Å². The van der Waals surface area contributed by atoms with Gasteiger partial charge in [-0.1, -0.05) is 6.07 Å². The Hall–Kier alpha value is -1.95. The highest BCUT2D eigenvalue weighted by molar-refractivity contribution is 7.09. The average molecular weight is 277 g/mol. The van der Waals surface area contributed by atoms with Gasteiger partial charge in [-0.15, -0.1) is 11.3 Å². The number of aromatic nitrogens is 2. The molecule has 2 aromatic heterocycles. The van der Waals surface area contributed by atoms with Crippen LogP contribution < -0.4 is 4.90 Å². The van der Waals surface area contributed by atoms with Crippen molar-refractivity contribution in [2.24, 2.45) is 0 Å². The summed E-state index contributed by atoms with van der Waals surface area (Å²) in [5, 5.41) is 10.9. The Bertz CT molecular complexity index is 538. The summed E-state index contributed by atoms with van der Waals surface area (Å²) in [6.45, 7) is 4.84. The third-order valence-electron chi connectivity index (χ3n) is 2.67. The maximum absolute atomic E-state index is 10.8. The lowest BCUT2D eigenvalue weighted by Gasteiger charge is -2.26. The summed E-state index contributed by atoms with van der Waals surface area (Å²) in [6.07, 6.45) is 2.68. The quantitative estimate of drug-likeness (QED) is 0.910. The van der Waals surface area contributed by atoms with E-state index in [-0.39, 0.29) is 11.6 Å². The average Bonchev–Trinajstić information content (AvgIpc) is 2.88. The monoisotopic (exact) mass is 277 g/mol. The van der Waals surface area contributed by atoms with Gasteiger partial charge >= 0.3 is 5.97 Å². The lowest BCUT2D eigenvalue weighted by Crippen LogP contribution is -2.31. The van der Waals surface area contributed by atoms with Gasteiger partial charge in [-0.05, 0) is 25.3 Å². The minimum Gasteiger partial charge on any atom is -0.478 e. The molecule has 0 unspecified atom stereocenters. The molecule has 0 amide bonds. The minimum atomic E-state index is -1.01. The molecule has 1 N–H and O–H groups in total. The van der Waals surface area contributed by atoms with Crippen molar-refractivity contribution in [2.45, 2.75) is 26.4 Å². The van der Waals surface area contributed by atoms with E-state index in [9.17, 15) is 4.79 Å². The fourth-order valence-electron chi connectivity index (χ4n) is 1.63. The molecule has 6 heteroatoms. The summed E-state index contributed by atoms with van der Waals surface area (Å²) >= 11 is 1.68. The smallest absolute Gasteiger partial charge is 0.338 e. The number of anilines is 1. The standard InChI is InChI=1S/C13H15N3O2S/c1-9(2)16(8-11-4-3-5-19-11)13-14-6-10(7-15-13)12(17)18/h3-7,9H,8H2,1-2H3,(H,17,18). The van der Waals surface area contributed by atoms with Crippen LogP contribution in [-0.4, -0.2) is 27.1 Å². The van der Waals surface area contributed by atoms with Crippen molar-refractivity contribution in [3.05, 3.63) is 40.3 Å².